The van der Waals surface area contributed by atoms with Crippen molar-refractivity contribution in [3.63, 3.8) is 0 Å². The molecule has 0 bridgehead atoms. The molecule has 0 radical (unpaired) electrons. The molecule has 1 aromatic rings. The van der Waals surface area contributed by atoms with Crippen molar-refractivity contribution in [2.45, 2.75) is 47.0 Å². The van der Waals surface area contributed by atoms with Gasteiger partial charge in [-0.05, 0) is 48.4 Å². The molecule has 0 aliphatic carbocycles. The van der Waals surface area contributed by atoms with Crippen molar-refractivity contribution < 1.29 is 0 Å². The number of hydrogen-bond acceptors (Lipinski definition) is 1. The number of hydrogen-bond donors (Lipinski definition) is 1. The zero-order valence-corrected chi connectivity index (χ0v) is 12.7. The van der Waals surface area contributed by atoms with Gasteiger partial charge >= 0.3 is 0 Å². The molecule has 1 nitrogen and oxygen atoms in total. The Balaban J connectivity index is 2.63. The summed E-state index contributed by atoms with van der Waals surface area (Å²) >= 11 is 0. The molecule has 1 N–H and O–H groups in total. The van der Waals surface area contributed by atoms with E-state index in [2.05, 4.69) is 64.2 Å². The van der Waals surface area contributed by atoms with Gasteiger partial charge in [0, 0.05) is 0 Å². The first-order valence-electron chi connectivity index (χ1n) is 7.34. The predicted octanol–water partition coefficient (Wildman–Crippen LogP) is 4.23. The first-order chi connectivity index (χ1) is 8.54. The molecule has 1 atom stereocenters. The Kier molecular flexibility index (Phi) is 6.42. The summed E-state index contributed by atoms with van der Waals surface area (Å²) in [6, 6.07) is 9.17. The molecule has 102 valence electrons. The minimum absolute atomic E-state index is 0.627. The molecule has 0 saturated carbocycles. The van der Waals surface area contributed by atoms with Crippen molar-refractivity contribution in [2.24, 2.45) is 11.8 Å². The summed E-state index contributed by atoms with van der Waals surface area (Å²) in [5.74, 6) is 2.09. The largest absolute Gasteiger partial charge is 0.317 e. The van der Waals surface area contributed by atoms with E-state index in [1.165, 1.54) is 17.5 Å². The van der Waals surface area contributed by atoms with E-state index in [9.17, 15) is 0 Å². The van der Waals surface area contributed by atoms with Crippen LogP contribution in [0.2, 0.25) is 0 Å². The highest BCUT2D eigenvalue weighted by atomic mass is 14.8. The van der Waals surface area contributed by atoms with Crippen LogP contribution in [0.15, 0.2) is 24.3 Å². The van der Waals surface area contributed by atoms with Gasteiger partial charge in [-0.1, -0.05) is 58.9 Å². The monoisotopic (exact) mass is 247 g/mol. The molecule has 1 aromatic carbocycles. The van der Waals surface area contributed by atoms with Gasteiger partial charge in [-0.25, -0.2) is 0 Å². The summed E-state index contributed by atoms with van der Waals surface area (Å²) in [5.41, 5.74) is 2.91. The van der Waals surface area contributed by atoms with Crippen LogP contribution in [0.25, 0.3) is 0 Å². The van der Waals surface area contributed by atoms with E-state index in [0.29, 0.717) is 5.92 Å². The quantitative estimate of drug-likeness (QED) is 0.760. The van der Waals surface area contributed by atoms with Gasteiger partial charge in [-0.2, -0.15) is 0 Å². The van der Waals surface area contributed by atoms with Gasteiger partial charge in [0.2, 0.25) is 0 Å². The molecular formula is C17H29N. The van der Waals surface area contributed by atoms with E-state index in [0.717, 1.165) is 24.9 Å². The molecule has 0 saturated heterocycles. The maximum absolute atomic E-state index is 3.48. The molecule has 0 amide bonds. The zero-order chi connectivity index (χ0) is 13.5. The fraction of sp³-hybridized carbons (Fsp3) is 0.647. The molecule has 0 spiro atoms. The van der Waals surface area contributed by atoms with Gasteiger partial charge in [0.25, 0.3) is 0 Å². The standard InChI is InChI=1S/C17H29N/c1-6-18-12-17(14(4)5)11-15-7-9-16(10-8-15)13(2)3/h7-10,13-14,17-18H,6,11-12H2,1-5H3. The fourth-order valence-corrected chi connectivity index (χ4v) is 2.21. The van der Waals surface area contributed by atoms with E-state index in [1.54, 1.807) is 0 Å². The highest BCUT2D eigenvalue weighted by Crippen LogP contribution is 2.19. The number of rotatable bonds is 7. The Labute approximate surface area is 113 Å². The summed E-state index contributed by atoms with van der Waals surface area (Å²) in [6.07, 6.45) is 1.18. The zero-order valence-electron chi connectivity index (χ0n) is 12.7. The van der Waals surface area contributed by atoms with Gasteiger partial charge < -0.3 is 5.32 Å². The second-order valence-electron chi connectivity index (χ2n) is 5.91. The third kappa shape index (κ3) is 4.81. The van der Waals surface area contributed by atoms with Crippen LogP contribution in [-0.2, 0) is 6.42 Å². The van der Waals surface area contributed by atoms with Crippen LogP contribution in [0.4, 0.5) is 0 Å². The molecule has 1 rings (SSSR count). The highest BCUT2D eigenvalue weighted by molar-refractivity contribution is 5.25. The van der Waals surface area contributed by atoms with Crippen molar-refractivity contribution in [3.05, 3.63) is 35.4 Å². The fourth-order valence-electron chi connectivity index (χ4n) is 2.21. The third-order valence-corrected chi connectivity index (χ3v) is 3.74. The average molecular weight is 247 g/mol. The Bertz CT molecular complexity index is 324. The molecule has 0 heterocycles. The van der Waals surface area contributed by atoms with Crippen LogP contribution >= 0.6 is 0 Å². The van der Waals surface area contributed by atoms with Gasteiger partial charge in [-0.15, -0.1) is 0 Å². The van der Waals surface area contributed by atoms with E-state index < -0.39 is 0 Å². The van der Waals surface area contributed by atoms with Gasteiger partial charge in [0.05, 0.1) is 0 Å². The minimum atomic E-state index is 0.627. The van der Waals surface area contributed by atoms with Crippen molar-refractivity contribution in [1.29, 1.82) is 0 Å². The molecule has 0 aliphatic rings. The molecule has 1 heteroatoms. The van der Waals surface area contributed by atoms with E-state index in [1.807, 2.05) is 0 Å². The van der Waals surface area contributed by atoms with E-state index in [4.69, 9.17) is 0 Å². The van der Waals surface area contributed by atoms with Crippen LogP contribution in [-0.4, -0.2) is 13.1 Å². The maximum Gasteiger partial charge on any atom is -0.00150 e. The topological polar surface area (TPSA) is 12.0 Å². The lowest BCUT2D eigenvalue weighted by Crippen LogP contribution is -2.27. The van der Waals surface area contributed by atoms with E-state index >= 15 is 0 Å². The van der Waals surface area contributed by atoms with Crippen LogP contribution in [0.1, 0.15) is 51.7 Å². The maximum atomic E-state index is 3.48. The lowest BCUT2D eigenvalue weighted by Gasteiger charge is -2.21. The SMILES string of the molecule is CCNCC(Cc1ccc(C(C)C)cc1)C(C)C. The van der Waals surface area contributed by atoms with Gasteiger partial charge in [-0.3, -0.25) is 0 Å². The van der Waals surface area contributed by atoms with Crippen molar-refractivity contribution in [2.75, 3.05) is 13.1 Å². The summed E-state index contributed by atoms with van der Waals surface area (Å²) < 4.78 is 0. The van der Waals surface area contributed by atoms with Crippen molar-refractivity contribution in [3.8, 4) is 0 Å². The number of nitrogens with one attached hydrogen (secondary N) is 1. The summed E-state index contributed by atoms with van der Waals surface area (Å²) in [4.78, 5) is 0. The lowest BCUT2D eigenvalue weighted by molar-refractivity contribution is 0.364. The van der Waals surface area contributed by atoms with Crippen LogP contribution in [0.3, 0.4) is 0 Å². The third-order valence-electron chi connectivity index (χ3n) is 3.74. The highest BCUT2D eigenvalue weighted by Gasteiger charge is 2.13. The van der Waals surface area contributed by atoms with Gasteiger partial charge in [0.15, 0.2) is 0 Å². The first kappa shape index (κ1) is 15.2. The first-order valence-corrected chi connectivity index (χ1v) is 7.34. The van der Waals surface area contributed by atoms with Crippen molar-refractivity contribution in [1.82, 2.24) is 5.32 Å². The molecule has 0 aliphatic heterocycles. The lowest BCUT2D eigenvalue weighted by atomic mass is 9.88. The normalized spacial score (nSPS) is 13.3. The van der Waals surface area contributed by atoms with Crippen molar-refractivity contribution >= 4 is 0 Å². The Morgan fingerprint density at radius 1 is 1.00 bits per heavy atom. The Morgan fingerprint density at radius 2 is 1.61 bits per heavy atom. The van der Waals surface area contributed by atoms with E-state index in [-0.39, 0.29) is 0 Å². The Hall–Kier alpha value is -0.820. The summed E-state index contributed by atoms with van der Waals surface area (Å²) in [6.45, 7) is 13.5. The second-order valence-corrected chi connectivity index (χ2v) is 5.91. The predicted molar refractivity (Wildman–Crippen MR) is 81.1 cm³/mol. The van der Waals surface area contributed by atoms with Gasteiger partial charge in [0.1, 0.15) is 0 Å². The smallest absolute Gasteiger partial charge is 0.00150 e. The molecule has 0 fully saturated rings. The van der Waals surface area contributed by atoms with Crippen LogP contribution in [0, 0.1) is 11.8 Å². The molecular weight excluding hydrogens is 218 g/mol. The average Bonchev–Trinajstić information content (AvgIpc) is 2.34. The Morgan fingerprint density at radius 3 is 2.06 bits per heavy atom. The molecule has 1 unspecified atom stereocenters. The minimum Gasteiger partial charge on any atom is -0.317 e. The summed E-state index contributed by atoms with van der Waals surface area (Å²) in [7, 11) is 0. The molecule has 18 heavy (non-hydrogen) atoms. The number of benzene rings is 1. The van der Waals surface area contributed by atoms with Crippen LogP contribution in [0.5, 0.6) is 0 Å². The summed E-state index contributed by atoms with van der Waals surface area (Å²) in [5, 5.41) is 3.48. The second kappa shape index (κ2) is 7.58. The molecule has 0 aromatic heterocycles. The van der Waals surface area contributed by atoms with Crippen LogP contribution < -0.4 is 5.32 Å².